The summed E-state index contributed by atoms with van der Waals surface area (Å²) < 4.78 is 11.0. The molecule has 0 bridgehead atoms. The van der Waals surface area contributed by atoms with Crippen LogP contribution in [0.15, 0.2) is 0 Å². The number of ether oxygens (including phenoxy) is 2. The molecule has 0 aliphatic carbocycles. The Kier molecular flexibility index (Phi) is 3.56. The van der Waals surface area contributed by atoms with E-state index in [9.17, 15) is 4.79 Å². The number of rotatable bonds is 0. The molecule has 5 heteroatoms. The van der Waals surface area contributed by atoms with Crippen LogP contribution in [0.5, 0.6) is 0 Å². The molecule has 5 nitrogen and oxygen atoms in total. The van der Waals surface area contributed by atoms with Crippen molar-refractivity contribution in [3.8, 4) is 0 Å². The second kappa shape index (κ2) is 4.70. The molecule has 1 amide bonds. The highest BCUT2D eigenvalue weighted by Crippen LogP contribution is 2.30. The quantitative estimate of drug-likeness (QED) is 0.655. The van der Waals surface area contributed by atoms with Crippen LogP contribution >= 0.6 is 0 Å². The maximum Gasteiger partial charge on any atom is 0.410 e. The van der Waals surface area contributed by atoms with Crippen molar-refractivity contribution in [2.24, 2.45) is 0 Å². The lowest BCUT2D eigenvalue weighted by Crippen LogP contribution is -2.56. The maximum absolute atomic E-state index is 12.0. The molecule has 2 aliphatic heterocycles. The molecular weight excluding hydrogens is 232 g/mol. The van der Waals surface area contributed by atoms with E-state index in [0.717, 1.165) is 26.1 Å². The van der Waals surface area contributed by atoms with Gasteiger partial charge in [-0.3, -0.25) is 4.90 Å². The lowest BCUT2D eigenvalue weighted by molar-refractivity contribution is -0.0512. The molecule has 0 unspecified atom stereocenters. The van der Waals surface area contributed by atoms with Gasteiger partial charge >= 0.3 is 6.09 Å². The Morgan fingerprint density at radius 1 is 1.33 bits per heavy atom. The zero-order valence-electron chi connectivity index (χ0n) is 11.9. The van der Waals surface area contributed by atoms with Gasteiger partial charge < -0.3 is 14.4 Å². The molecule has 0 N–H and O–H groups in total. The Labute approximate surface area is 109 Å². The number of likely N-dealkylation sites (tertiary alicyclic amines) is 1. The summed E-state index contributed by atoms with van der Waals surface area (Å²) in [4.78, 5) is 16.2. The van der Waals surface area contributed by atoms with Crippen LogP contribution in [0.25, 0.3) is 0 Å². The Hall–Kier alpha value is -0.810. The van der Waals surface area contributed by atoms with Gasteiger partial charge in [-0.25, -0.2) is 4.79 Å². The van der Waals surface area contributed by atoms with Gasteiger partial charge in [-0.1, -0.05) is 0 Å². The molecule has 0 aromatic heterocycles. The van der Waals surface area contributed by atoms with Gasteiger partial charge in [-0.15, -0.1) is 0 Å². The van der Waals surface area contributed by atoms with Gasteiger partial charge in [0, 0.05) is 19.6 Å². The van der Waals surface area contributed by atoms with Crippen LogP contribution in [0, 0.1) is 0 Å². The number of nitrogens with zero attached hydrogens (tertiary/aromatic N) is 2. The summed E-state index contributed by atoms with van der Waals surface area (Å²) in [6, 6.07) is 0. The summed E-state index contributed by atoms with van der Waals surface area (Å²) in [5.41, 5.74) is -0.434. The summed E-state index contributed by atoms with van der Waals surface area (Å²) in [5, 5.41) is 0. The number of amides is 1. The Balaban J connectivity index is 1.97. The fraction of sp³-hybridized carbons (Fsp3) is 0.923. The van der Waals surface area contributed by atoms with E-state index in [4.69, 9.17) is 9.47 Å². The highest BCUT2D eigenvalue weighted by Gasteiger charge is 2.45. The van der Waals surface area contributed by atoms with Crippen molar-refractivity contribution >= 4 is 6.09 Å². The lowest BCUT2D eigenvalue weighted by atomic mass is 9.96. The third-order valence-corrected chi connectivity index (χ3v) is 3.74. The molecule has 2 heterocycles. The van der Waals surface area contributed by atoms with Crippen molar-refractivity contribution in [3.63, 3.8) is 0 Å². The largest absolute Gasteiger partial charge is 0.444 e. The summed E-state index contributed by atoms with van der Waals surface area (Å²) in [7, 11) is 2.11. The topological polar surface area (TPSA) is 42.0 Å². The minimum atomic E-state index is -0.429. The molecule has 18 heavy (non-hydrogen) atoms. The van der Waals surface area contributed by atoms with E-state index in [1.54, 1.807) is 4.90 Å². The van der Waals surface area contributed by atoms with Crippen molar-refractivity contribution in [2.75, 3.05) is 39.9 Å². The molecule has 2 aliphatic rings. The predicted molar refractivity (Wildman–Crippen MR) is 68.6 cm³/mol. The zero-order chi connectivity index (χ0) is 13.4. The van der Waals surface area contributed by atoms with E-state index in [0.29, 0.717) is 13.2 Å². The molecule has 0 radical (unpaired) electrons. The summed E-state index contributed by atoms with van der Waals surface area (Å²) in [6.45, 7) is 9.57. The average Bonchev–Trinajstić information content (AvgIpc) is 2.66. The van der Waals surface area contributed by atoms with Gasteiger partial charge in [0.2, 0.25) is 0 Å². The van der Waals surface area contributed by atoms with Crippen molar-refractivity contribution in [3.05, 3.63) is 0 Å². The average molecular weight is 256 g/mol. The summed E-state index contributed by atoms with van der Waals surface area (Å²) in [6.07, 6.45) is 0.751. The molecule has 1 spiro atoms. The highest BCUT2D eigenvalue weighted by molar-refractivity contribution is 5.68. The SMILES string of the molecule is CN1CCOC[C@]12CCN(C(=O)OC(C)(C)C)C2. The number of morpholine rings is 1. The van der Waals surface area contributed by atoms with Crippen LogP contribution in [0.4, 0.5) is 4.79 Å². The fourth-order valence-electron chi connectivity index (χ4n) is 2.58. The van der Waals surface area contributed by atoms with Crippen molar-refractivity contribution < 1.29 is 14.3 Å². The summed E-state index contributed by atoms with van der Waals surface area (Å²) in [5.74, 6) is 0. The van der Waals surface area contributed by atoms with Crippen LogP contribution < -0.4 is 0 Å². The molecule has 2 rings (SSSR count). The van der Waals surface area contributed by atoms with Gasteiger partial charge in [0.1, 0.15) is 5.60 Å². The molecule has 0 saturated carbocycles. The first-order valence-corrected chi connectivity index (χ1v) is 6.59. The van der Waals surface area contributed by atoms with Gasteiger partial charge in [0.25, 0.3) is 0 Å². The number of likely N-dealkylation sites (N-methyl/N-ethyl adjacent to an activating group) is 1. The third kappa shape index (κ3) is 2.78. The van der Waals surface area contributed by atoms with Crippen LogP contribution in [0.1, 0.15) is 27.2 Å². The summed E-state index contributed by atoms with van der Waals surface area (Å²) >= 11 is 0. The second-order valence-electron chi connectivity index (χ2n) is 6.35. The molecule has 0 aromatic rings. The number of hydrogen-bond donors (Lipinski definition) is 0. The molecular formula is C13H24N2O3. The number of carbonyl (C=O) groups excluding carboxylic acids is 1. The van der Waals surface area contributed by atoms with Crippen LogP contribution in [0.3, 0.4) is 0 Å². The smallest absolute Gasteiger partial charge is 0.410 e. The van der Waals surface area contributed by atoms with E-state index in [-0.39, 0.29) is 11.6 Å². The van der Waals surface area contributed by atoms with Gasteiger partial charge in [0.15, 0.2) is 0 Å². The highest BCUT2D eigenvalue weighted by atomic mass is 16.6. The molecule has 104 valence electrons. The monoisotopic (exact) mass is 256 g/mol. The van der Waals surface area contributed by atoms with E-state index in [1.807, 2.05) is 20.8 Å². The standard InChI is InChI=1S/C13H24N2O3/c1-12(2,3)18-11(16)15-6-5-13(9-15)10-17-8-7-14(13)4/h5-10H2,1-4H3/t13-/m1/s1. The maximum atomic E-state index is 12.0. The molecule has 1 atom stereocenters. The van der Waals surface area contributed by atoms with Gasteiger partial charge in [-0.2, -0.15) is 0 Å². The number of carbonyl (C=O) groups is 1. The molecule has 0 aromatic carbocycles. The van der Waals surface area contributed by atoms with Crippen molar-refractivity contribution in [1.82, 2.24) is 9.80 Å². The lowest BCUT2D eigenvalue weighted by Gasteiger charge is -2.42. The van der Waals surface area contributed by atoms with Crippen molar-refractivity contribution in [1.29, 1.82) is 0 Å². The predicted octanol–water partition coefficient (Wildman–Crippen LogP) is 1.33. The minimum Gasteiger partial charge on any atom is -0.444 e. The first-order valence-electron chi connectivity index (χ1n) is 6.59. The second-order valence-corrected chi connectivity index (χ2v) is 6.35. The van der Waals surface area contributed by atoms with E-state index >= 15 is 0 Å². The molecule has 2 fully saturated rings. The van der Waals surface area contributed by atoms with Gasteiger partial charge in [0.05, 0.1) is 18.8 Å². The van der Waals surface area contributed by atoms with Crippen LogP contribution in [-0.4, -0.2) is 66.9 Å². The normalized spacial score (nSPS) is 29.9. The Bertz CT molecular complexity index is 327. The van der Waals surface area contributed by atoms with Crippen LogP contribution in [-0.2, 0) is 9.47 Å². The first kappa shape index (κ1) is 13.6. The van der Waals surface area contributed by atoms with E-state index in [1.165, 1.54) is 0 Å². The first-order chi connectivity index (χ1) is 8.32. The van der Waals surface area contributed by atoms with Gasteiger partial charge in [-0.05, 0) is 34.2 Å². The van der Waals surface area contributed by atoms with E-state index in [2.05, 4.69) is 11.9 Å². The fourth-order valence-corrected chi connectivity index (χ4v) is 2.58. The molecule has 2 saturated heterocycles. The Morgan fingerprint density at radius 2 is 2.06 bits per heavy atom. The minimum absolute atomic E-state index is 0.00481. The van der Waals surface area contributed by atoms with E-state index < -0.39 is 5.60 Å². The number of hydrogen-bond acceptors (Lipinski definition) is 4. The Morgan fingerprint density at radius 3 is 2.67 bits per heavy atom. The third-order valence-electron chi connectivity index (χ3n) is 3.74. The van der Waals surface area contributed by atoms with Crippen molar-refractivity contribution in [2.45, 2.75) is 38.3 Å². The van der Waals surface area contributed by atoms with Crippen LogP contribution in [0.2, 0.25) is 0 Å². The zero-order valence-corrected chi connectivity index (χ0v) is 11.9.